The van der Waals surface area contributed by atoms with Gasteiger partial charge in [0.25, 0.3) is 6.35 Å². The minimum atomic E-state index is -1.26. The molecule has 0 aromatic heterocycles. The molecule has 0 aliphatic carbocycles. The molecule has 0 aromatic carbocycles. The van der Waals surface area contributed by atoms with Crippen LogP contribution in [0.2, 0.25) is 0 Å². The Morgan fingerprint density at radius 2 is 2.33 bits per heavy atom. The van der Waals surface area contributed by atoms with E-state index in [1.54, 1.807) is 29.2 Å². The van der Waals surface area contributed by atoms with Crippen LogP contribution in [-0.2, 0) is 4.74 Å². The van der Waals surface area contributed by atoms with Crippen molar-refractivity contribution in [1.82, 2.24) is 9.80 Å². The molecule has 1 atom stereocenters. The third-order valence-corrected chi connectivity index (χ3v) is 1.70. The van der Waals surface area contributed by atoms with Crippen molar-refractivity contribution in [3.8, 4) is 0 Å². The number of nitrogens with zero attached hydrogens (tertiary/aromatic N) is 2. The van der Waals surface area contributed by atoms with Gasteiger partial charge in [0.1, 0.15) is 0 Å². The molecule has 0 spiro atoms. The fourth-order valence-electron chi connectivity index (χ4n) is 1.07. The molecule has 5 heteroatoms. The van der Waals surface area contributed by atoms with Crippen LogP contribution in [0.4, 0.5) is 4.79 Å². The first-order valence-electron chi connectivity index (χ1n) is 3.70. The van der Waals surface area contributed by atoms with E-state index in [0.717, 1.165) is 6.54 Å². The third kappa shape index (κ3) is 1.61. The van der Waals surface area contributed by atoms with Crippen LogP contribution in [0.1, 0.15) is 6.92 Å². The van der Waals surface area contributed by atoms with Crippen LogP contribution in [0.5, 0.6) is 0 Å². The van der Waals surface area contributed by atoms with Gasteiger partial charge in [0, 0.05) is 26.0 Å². The molecule has 0 saturated heterocycles. The molecule has 0 bridgehead atoms. The summed E-state index contributed by atoms with van der Waals surface area (Å²) in [5, 5.41) is 8.40. The lowest BCUT2D eigenvalue weighted by molar-refractivity contribution is -0.0657. The van der Waals surface area contributed by atoms with Gasteiger partial charge in [0.2, 0.25) is 0 Å². The fourth-order valence-corrected chi connectivity index (χ4v) is 1.07. The van der Waals surface area contributed by atoms with Gasteiger partial charge in [-0.25, -0.2) is 4.79 Å². The van der Waals surface area contributed by atoms with Crippen LogP contribution in [0, 0.1) is 0 Å². The molecule has 0 saturated carbocycles. The van der Waals surface area contributed by atoms with E-state index < -0.39 is 12.5 Å². The van der Waals surface area contributed by atoms with Crippen molar-refractivity contribution >= 4 is 6.16 Å². The first-order chi connectivity index (χ1) is 5.65. The van der Waals surface area contributed by atoms with E-state index in [1.165, 1.54) is 0 Å². The van der Waals surface area contributed by atoms with Crippen molar-refractivity contribution in [3.63, 3.8) is 0 Å². The van der Waals surface area contributed by atoms with Gasteiger partial charge >= 0.3 is 6.16 Å². The number of hydrogen-bond donors (Lipinski definition) is 1. The molecular weight excluding hydrogens is 160 g/mol. The van der Waals surface area contributed by atoms with Crippen LogP contribution in [0.25, 0.3) is 0 Å². The highest BCUT2D eigenvalue weighted by Crippen LogP contribution is 2.14. The molecule has 1 unspecified atom stereocenters. The van der Waals surface area contributed by atoms with Gasteiger partial charge in [0.05, 0.1) is 0 Å². The molecule has 0 aromatic rings. The highest BCUT2D eigenvalue weighted by molar-refractivity contribution is 5.57. The lowest BCUT2D eigenvalue weighted by Crippen LogP contribution is -2.40. The summed E-state index contributed by atoms with van der Waals surface area (Å²) in [5.41, 5.74) is 0. The number of carboxylic acid groups (broad SMARTS) is 1. The standard InChI is InChI=1S/C7H12N2O3/c1-3-9-5-4-8(2)6(9)12-7(10)11/h4-6H,3H2,1-2H3,(H,10,11). The number of hydrogen-bond acceptors (Lipinski definition) is 4. The zero-order valence-corrected chi connectivity index (χ0v) is 7.10. The second-order valence-electron chi connectivity index (χ2n) is 2.50. The smallest absolute Gasteiger partial charge is 0.450 e. The molecule has 0 radical (unpaired) electrons. The summed E-state index contributed by atoms with van der Waals surface area (Å²) in [6, 6.07) is 0. The van der Waals surface area contributed by atoms with E-state index in [1.807, 2.05) is 6.92 Å². The molecule has 0 amide bonds. The summed E-state index contributed by atoms with van der Waals surface area (Å²) in [4.78, 5) is 13.7. The van der Waals surface area contributed by atoms with Crippen LogP contribution in [0.15, 0.2) is 12.4 Å². The van der Waals surface area contributed by atoms with Crippen molar-refractivity contribution < 1.29 is 14.6 Å². The van der Waals surface area contributed by atoms with E-state index >= 15 is 0 Å². The lowest BCUT2D eigenvalue weighted by atomic mass is 10.6. The van der Waals surface area contributed by atoms with E-state index in [2.05, 4.69) is 4.74 Å². The third-order valence-electron chi connectivity index (χ3n) is 1.70. The van der Waals surface area contributed by atoms with Crippen molar-refractivity contribution in [1.29, 1.82) is 0 Å². The predicted molar refractivity (Wildman–Crippen MR) is 42.2 cm³/mol. The van der Waals surface area contributed by atoms with E-state index in [0.29, 0.717) is 0 Å². The Bertz CT molecular complexity index is 205. The summed E-state index contributed by atoms with van der Waals surface area (Å²) >= 11 is 0. The maximum Gasteiger partial charge on any atom is 0.509 e. The molecule has 1 heterocycles. The number of ether oxygens (including phenoxy) is 1. The Labute approximate surface area is 70.8 Å². The van der Waals surface area contributed by atoms with Crippen LogP contribution in [0.3, 0.4) is 0 Å². The van der Waals surface area contributed by atoms with Crippen LogP contribution >= 0.6 is 0 Å². The van der Waals surface area contributed by atoms with E-state index in [9.17, 15) is 4.79 Å². The summed E-state index contributed by atoms with van der Waals surface area (Å²) in [7, 11) is 1.76. The van der Waals surface area contributed by atoms with Gasteiger partial charge in [-0.3, -0.25) is 0 Å². The highest BCUT2D eigenvalue weighted by Gasteiger charge is 2.25. The SMILES string of the molecule is CCN1C=CN(C)C1OC(=O)O. The molecular formula is C7H12N2O3. The minimum Gasteiger partial charge on any atom is -0.450 e. The van der Waals surface area contributed by atoms with Gasteiger partial charge in [-0.15, -0.1) is 0 Å². The molecule has 1 N–H and O–H groups in total. The Kier molecular flexibility index (Phi) is 2.42. The predicted octanol–water partition coefficient (Wildman–Crippen LogP) is 0.703. The van der Waals surface area contributed by atoms with Crippen molar-refractivity contribution in [2.45, 2.75) is 13.3 Å². The summed E-state index contributed by atoms with van der Waals surface area (Å²) in [5.74, 6) is 0. The van der Waals surface area contributed by atoms with Crippen molar-refractivity contribution in [3.05, 3.63) is 12.4 Å². The van der Waals surface area contributed by atoms with Gasteiger partial charge in [0.15, 0.2) is 0 Å². The second-order valence-corrected chi connectivity index (χ2v) is 2.50. The Morgan fingerprint density at radius 3 is 2.83 bits per heavy atom. The zero-order chi connectivity index (χ0) is 9.14. The lowest BCUT2D eigenvalue weighted by Gasteiger charge is -2.27. The number of rotatable bonds is 2. The molecule has 1 aliphatic heterocycles. The monoisotopic (exact) mass is 172 g/mol. The van der Waals surface area contributed by atoms with Gasteiger partial charge in [-0.2, -0.15) is 0 Å². The molecule has 0 fully saturated rings. The Morgan fingerprint density at radius 1 is 1.67 bits per heavy atom. The summed E-state index contributed by atoms with van der Waals surface area (Å²) < 4.78 is 4.63. The molecule has 12 heavy (non-hydrogen) atoms. The van der Waals surface area contributed by atoms with Crippen molar-refractivity contribution in [2.24, 2.45) is 0 Å². The maximum atomic E-state index is 10.3. The first-order valence-corrected chi connectivity index (χ1v) is 3.70. The zero-order valence-electron chi connectivity index (χ0n) is 7.10. The minimum absolute atomic E-state index is 0.507. The fraction of sp³-hybridized carbons (Fsp3) is 0.571. The van der Waals surface area contributed by atoms with E-state index in [4.69, 9.17) is 5.11 Å². The van der Waals surface area contributed by atoms with E-state index in [-0.39, 0.29) is 0 Å². The summed E-state index contributed by atoms with van der Waals surface area (Å²) in [6.07, 6.45) is 1.81. The average molecular weight is 172 g/mol. The average Bonchev–Trinajstić information content (AvgIpc) is 2.32. The quantitative estimate of drug-likeness (QED) is 0.621. The molecule has 68 valence electrons. The highest BCUT2D eigenvalue weighted by atomic mass is 16.7. The van der Waals surface area contributed by atoms with Crippen molar-refractivity contribution in [2.75, 3.05) is 13.6 Å². The Balaban J connectivity index is 2.55. The molecule has 5 nitrogen and oxygen atoms in total. The van der Waals surface area contributed by atoms with Gasteiger partial charge in [-0.05, 0) is 6.92 Å². The van der Waals surface area contributed by atoms with Gasteiger partial charge < -0.3 is 19.6 Å². The Hall–Kier alpha value is -1.39. The van der Waals surface area contributed by atoms with Crippen LogP contribution in [-0.4, -0.2) is 41.0 Å². The molecule has 1 aliphatic rings. The van der Waals surface area contributed by atoms with Gasteiger partial charge in [-0.1, -0.05) is 0 Å². The van der Waals surface area contributed by atoms with Crippen LogP contribution < -0.4 is 0 Å². The topological polar surface area (TPSA) is 53.0 Å². The number of carbonyl (C=O) groups is 1. The summed E-state index contributed by atoms with van der Waals surface area (Å²) in [6.45, 7) is 2.65. The maximum absolute atomic E-state index is 10.3. The first kappa shape index (κ1) is 8.70. The molecule has 1 rings (SSSR count). The second kappa shape index (κ2) is 3.34. The largest absolute Gasteiger partial charge is 0.509 e. The normalized spacial score (nSPS) is 21.7.